The van der Waals surface area contributed by atoms with Gasteiger partial charge in [-0.15, -0.1) is 0 Å². The van der Waals surface area contributed by atoms with E-state index in [4.69, 9.17) is 4.74 Å². The molecule has 4 rings (SSSR count). The second-order valence-electron chi connectivity index (χ2n) is 6.90. The van der Waals surface area contributed by atoms with E-state index in [1.54, 1.807) is 34.2 Å². The molecule has 4 aromatic rings. The van der Waals surface area contributed by atoms with Gasteiger partial charge in [-0.3, -0.25) is 9.48 Å². The predicted molar refractivity (Wildman–Crippen MR) is 113 cm³/mol. The van der Waals surface area contributed by atoms with Crippen molar-refractivity contribution < 1.29 is 4.74 Å². The van der Waals surface area contributed by atoms with Gasteiger partial charge >= 0.3 is 0 Å². The molecule has 0 saturated heterocycles. The highest BCUT2D eigenvalue weighted by molar-refractivity contribution is 5.57. The molecule has 8 heteroatoms. The first-order valence-corrected chi connectivity index (χ1v) is 9.69. The molecule has 8 nitrogen and oxygen atoms in total. The average molecular weight is 402 g/mol. The zero-order valence-electron chi connectivity index (χ0n) is 17.1. The standard InChI is InChI=1S/C22H22N6O2/c1-4-30-19-12-23-22(24-13-19)17-7-5-6-16(10-17)15(2)21-20(29)8-9-28(26-21)18-11-25-27(3)14-18/h5-15H,4H2,1-3H3/t15-/m1/s1. The molecule has 0 radical (unpaired) electrons. The van der Waals surface area contributed by atoms with Gasteiger partial charge in [0, 0.05) is 30.8 Å². The Morgan fingerprint density at radius 2 is 1.93 bits per heavy atom. The van der Waals surface area contributed by atoms with Gasteiger partial charge in [0.15, 0.2) is 11.6 Å². The third kappa shape index (κ3) is 3.98. The van der Waals surface area contributed by atoms with Crippen LogP contribution in [0.3, 0.4) is 0 Å². The maximum absolute atomic E-state index is 12.5. The van der Waals surface area contributed by atoms with Crippen LogP contribution in [-0.2, 0) is 7.05 Å². The highest BCUT2D eigenvalue weighted by atomic mass is 16.5. The van der Waals surface area contributed by atoms with Crippen LogP contribution in [0.15, 0.2) is 66.1 Å². The van der Waals surface area contributed by atoms with Gasteiger partial charge in [0.05, 0.1) is 31.4 Å². The fraction of sp³-hybridized carbons (Fsp3) is 0.227. The summed E-state index contributed by atoms with van der Waals surface area (Å²) in [5.74, 6) is 1.03. The molecule has 152 valence electrons. The van der Waals surface area contributed by atoms with Crippen molar-refractivity contribution in [3.8, 4) is 22.8 Å². The SMILES string of the molecule is CCOc1cnc(-c2cccc([C@@H](C)c3nn(-c4cnn(C)c4)ccc3=O)c2)nc1. The molecule has 0 amide bonds. The van der Waals surface area contributed by atoms with Crippen molar-refractivity contribution in [2.24, 2.45) is 7.05 Å². The second kappa shape index (κ2) is 8.28. The molecule has 0 aliphatic rings. The molecule has 0 N–H and O–H groups in total. The van der Waals surface area contributed by atoms with Crippen LogP contribution in [0.4, 0.5) is 0 Å². The van der Waals surface area contributed by atoms with E-state index >= 15 is 0 Å². The highest BCUT2D eigenvalue weighted by Crippen LogP contribution is 2.25. The highest BCUT2D eigenvalue weighted by Gasteiger charge is 2.16. The molecule has 30 heavy (non-hydrogen) atoms. The van der Waals surface area contributed by atoms with Gasteiger partial charge < -0.3 is 4.74 Å². The maximum atomic E-state index is 12.5. The van der Waals surface area contributed by atoms with Crippen LogP contribution in [0.2, 0.25) is 0 Å². The summed E-state index contributed by atoms with van der Waals surface area (Å²) in [5.41, 5.74) is 2.98. The van der Waals surface area contributed by atoms with Crippen LogP contribution in [-0.4, -0.2) is 36.1 Å². The summed E-state index contributed by atoms with van der Waals surface area (Å²) in [6, 6.07) is 9.38. The van der Waals surface area contributed by atoms with Gasteiger partial charge in [0.2, 0.25) is 5.43 Å². The van der Waals surface area contributed by atoms with Gasteiger partial charge in [0.25, 0.3) is 0 Å². The number of aryl methyl sites for hydroxylation is 1. The maximum Gasteiger partial charge on any atom is 0.203 e. The molecular formula is C22H22N6O2. The van der Waals surface area contributed by atoms with Crippen LogP contribution in [0.1, 0.15) is 31.0 Å². The number of aromatic nitrogens is 6. The molecule has 1 aromatic carbocycles. The third-order valence-electron chi connectivity index (χ3n) is 4.78. The van der Waals surface area contributed by atoms with Crippen molar-refractivity contribution in [1.29, 1.82) is 0 Å². The van der Waals surface area contributed by atoms with Crippen molar-refractivity contribution in [3.63, 3.8) is 0 Å². The van der Waals surface area contributed by atoms with Gasteiger partial charge in [-0.25, -0.2) is 14.6 Å². The number of hydrogen-bond donors (Lipinski definition) is 0. The van der Waals surface area contributed by atoms with E-state index in [-0.39, 0.29) is 11.3 Å². The molecule has 3 heterocycles. The minimum atomic E-state index is -0.204. The molecule has 1 atom stereocenters. The number of nitrogens with zero attached hydrogens (tertiary/aromatic N) is 6. The van der Waals surface area contributed by atoms with E-state index in [0.717, 1.165) is 16.8 Å². The molecular weight excluding hydrogens is 380 g/mol. The lowest BCUT2D eigenvalue weighted by Crippen LogP contribution is -2.18. The van der Waals surface area contributed by atoms with Crippen molar-refractivity contribution in [2.45, 2.75) is 19.8 Å². The summed E-state index contributed by atoms with van der Waals surface area (Å²) in [5, 5.41) is 8.74. The predicted octanol–water partition coefficient (Wildman–Crippen LogP) is 2.97. The van der Waals surface area contributed by atoms with Crippen LogP contribution in [0, 0.1) is 0 Å². The molecule has 0 spiro atoms. The molecule has 0 fully saturated rings. The van der Waals surface area contributed by atoms with Gasteiger partial charge in [-0.2, -0.15) is 10.2 Å². The molecule has 0 aliphatic carbocycles. The zero-order chi connectivity index (χ0) is 21.1. The van der Waals surface area contributed by atoms with Crippen molar-refractivity contribution in [3.05, 3.63) is 82.8 Å². The molecule has 0 aliphatic heterocycles. The van der Waals surface area contributed by atoms with Crippen molar-refractivity contribution in [1.82, 2.24) is 29.5 Å². The van der Waals surface area contributed by atoms with E-state index in [1.807, 2.05) is 51.4 Å². The lowest BCUT2D eigenvalue weighted by atomic mass is 9.95. The fourth-order valence-electron chi connectivity index (χ4n) is 3.20. The number of rotatable bonds is 6. The first-order valence-electron chi connectivity index (χ1n) is 9.69. The second-order valence-corrected chi connectivity index (χ2v) is 6.90. The van der Waals surface area contributed by atoms with Crippen LogP contribution < -0.4 is 10.2 Å². The summed E-state index contributed by atoms with van der Waals surface area (Å²) < 4.78 is 8.76. The third-order valence-corrected chi connectivity index (χ3v) is 4.78. The fourth-order valence-corrected chi connectivity index (χ4v) is 3.20. The van der Waals surface area contributed by atoms with E-state index in [2.05, 4.69) is 20.2 Å². The molecule has 0 saturated carbocycles. The van der Waals surface area contributed by atoms with Crippen LogP contribution >= 0.6 is 0 Å². The lowest BCUT2D eigenvalue weighted by Gasteiger charge is -2.13. The van der Waals surface area contributed by atoms with Crippen LogP contribution in [0.25, 0.3) is 17.1 Å². The van der Waals surface area contributed by atoms with E-state index in [0.29, 0.717) is 23.9 Å². The smallest absolute Gasteiger partial charge is 0.203 e. The molecule has 3 aromatic heterocycles. The Kier molecular flexibility index (Phi) is 5.38. The normalized spacial score (nSPS) is 12.0. The van der Waals surface area contributed by atoms with E-state index in [1.165, 1.54) is 6.07 Å². The molecule has 0 bridgehead atoms. The first kappa shape index (κ1) is 19.5. The van der Waals surface area contributed by atoms with Gasteiger partial charge in [-0.1, -0.05) is 25.1 Å². The summed E-state index contributed by atoms with van der Waals surface area (Å²) in [4.78, 5) is 21.3. The Hall–Kier alpha value is -3.81. The number of ether oxygens (including phenoxy) is 1. The average Bonchev–Trinajstić information content (AvgIpc) is 3.21. The lowest BCUT2D eigenvalue weighted by molar-refractivity contribution is 0.337. The summed E-state index contributed by atoms with van der Waals surface area (Å²) in [6.07, 6.45) is 8.52. The summed E-state index contributed by atoms with van der Waals surface area (Å²) in [6.45, 7) is 4.45. The first-order chi connectivity index (χ1) is 14.5. The van der Waals surface area contributed by atoms with Crippen molar-refractivity contribution >= 4 is 0 Å². The summed E-state index contributed by atoms with van der Waals surface area (Å²) >= 11 is 0. The van der Waals surface area contributed by atoms with Gasteiger partial charge in [-0.05, 0) is 18.6 Å². The van der Waals surface area contributed by atoms with Crippen LogP contribution in [0.5, 0.6) is 5.75 Å². The topological polar surface area (TPSA) is 87.7 Å². The zero-order valence-corrected chi connectivity index (χ0v) is 17.1. The monoisotopic (exact) mass is 402 g/mol. The Morgan fingerprint density at radius 1 is 1.13 bits per heavy atom. The minimum Gasteiger partial charge on any atom is -0.491 e. The van der Waals surface area contributed by atoms with Crippen molar-refractivity contribution in [2.75, 3.05) is 6.61 Å². The van der Waals surface area contributed by atoms with E-state index < -0.39 is 0 Å². The summed E-state index contributed by atoms with van der Waals surface area (Å²) in [7, 11) is 1.84. The van der Waals surface area contributed by atoms with Gasteiger partial charge in [0.1, 0.15) is 11.4 Å². The van der Waals surface area contributed by atoms with E-state index in [9.17, 15) is 4.79 Å². The Morgan fingerprint density at radius 3 is 2.63 bits per heavy atom. The quantitative estimate of drug-likeness (QED) is 0.493. The molecule has 0 unspecified atom stereocenters. The Bertz CT molecular complexity index is 1210. The Labute approximate surface area is 173 Å². The minimum absolute atomic E-state index is 0.106. The Balaban J connectivity index is 1.66. The number of hydrogen-bond acceptors (Lipinski definition) is 6. The largest absolute Gasteiger partial charge is 0.491 e. The number of benzene rings is 1.